The molecule has 0 bridgehead atoms. The van der Waals surface area contributed by atoms with Crippen LogP contribution in [0.5, 0.6) is 0 Å². The van der Waals surface area contributed by atoms with Crippen LogP contribution in [0, 0.1) is 52.3 Å². The Bertz CT molecular complexity index is 1080. The molecule has 0 aromatic heterocycles. The molecule has 11 unspecified atom stereocenters. The third kappa shape index (κ3) is 7.00. The summed E-state index contributed by atoms with van der Waals surface area (Å²) in [5.41, 5.74) is 1.54. The summed E-state index contributed by atoms with van der Waals surface area (Å²) in [5, 5.41) is 0.240. The van der Waals surface area contributed by atoms with E-state index in [1.165, 1.54) is 51.0 Å². The van der Waals surface area contributed by atoms with Crippen molar-refractivity contribution in [3.05, 3.63) is 11.6 Å². The molecule has 4 aliphatic rings. The fraction of sp³-hybridized carbons (Fsp3) is 0.892. The maximum Gasteiger partial charge on any atom is 0.302 e. The van der Waals surface area contributed by atoms with Crippen molar-refractivity contribution < 1.29 is 23.3 Å². The molecule has 0 aromatic carbocycles. The Hall–Kier alpha value is -0.553. The van der Waals surface area contributed by atoms with E-state index in [1.54, 1.807) is 0 Å². The van der Waals surface area contributed by atoms with Gasteiger partial charge in [-0.05, 0) is 122 Å². The quantitative estimate of drug-likeness (QED) is 0.127. The summed E-state index contributed by atoms with van der Waals surface area (Å²) in [4.78, 5) is 25.4. The highest BCUT2D eigenvalue weighted by molar-refractivity contribution is 7.09. The van der Waals surface area contributed by atoms with Crippen molar-refractivity contribution in [2.75, 3.05) is 6.61 Å². The highest BCUT2D eigenvalue weighted by Gasteiger charge is 2.62. The minimum absolute atomic E-state index is 0.00140. The molecule has 4 rings (SSSR count). The van der Waals surface area contributed by atoms with Crippen LogP contribution in [0.4, 0.5) is 0 Å². The number of hydrogen-bond donors (Lipinski definition) is 0. The van der Waals surface area contributed by atoms with E-state index in [9.17, 15) is 9.59 Å². The van der Waals surface area contributed by atoms with Gasteiger partial charge in [-0.1, -0.05) is 61.0 Å². The lowest BCUT2D eigenvalue weighted by Gasteiger charge is -2.61. The lowest BCUT2D eigenvalue weighted by atomic mass is 9.44. The maximum absolute atomic E-state index is 14.0. The topological polar surface area (TPSA) is 61.8 Å². The first kappa shape index (κ1) is 36.3. The predicted molar refractivity (Wildman–Crippen MR) is 186 cm³/mol. The number of ether oxygens (including phenoxy) is 1. The van der Waals surface area contributed by atoms with Crippen LogP contribution < -0.4 is 0 Å². The van der Waals surface area contributed by atoms with E-state index in [2.05, 4.69) is 84.0 Å². The summed E-state index contributed by atoms with van der Waals surface area (Å²) < 4.78 is 18.4. The SMILES string of the molecule is CC(=O)OCCC(CC(OP)C(C)C1=CC(=O)C2C3CCC4CC(O[Si](C)(C)C(C)(C)C)CCC4(C)C3CCC12C)C(C)C. The Labute approximate surface area is 273 Å². The third-order valence-electron chi connectivity index (χ3n) is 13.8. The minimum Gasteiger partial charge on any atom is -0.466 e. The van der Waals surface area contributed by atoms with Crippen molar-refractivity contribution in [2.24, 2.45) is 52.3 Å². The van der Waals surface area contributed by atoms with Gasteiger partial charge in [0.2, 0.25) is 0 Å². The van der Waals surface area contributed by atoms with Crippen molar-refractivity contribution in [3.8, 4) is 0 Å². The molecule has 5 nitrogen and oxygen atoms in total. The summed E-state index contributed by atoms with van der Waals surface area (Å²) in [6, 6.07) is 0. The van der Waals surface area contributed by atoms with Crippen LogP contribution in [0.3, 0.4) is 0 Å². The standard InChI is InChI=1S/C37H65O5PSi/c1-23(2)26(16-19-40-25(4)38)20-33(41-43)24(3)31-22-32(39)34-29-13-12-27-21-28(42-44(10,11)35(5,6)7)14-17-36(27,8)30(29)15-18-37(31,34)9/h22-24,26-30,33-34H,12-21,43H2,1-11H3. The largest absolute Gasteiger partial charge is 0.466 e. The van der Waals surface area contributed by atoms with Gasteiger partial charge in [-0.15, -0.1) is 0 Å². The van der Waals surface area contributed by atoms with Crippen LogP contribution in [-0.2, 0) is 23.3 Å². The van der Waals surface area contributed by atoms with Crippen LogP contribution in [0.2, 0.25) is 18.1 Å². The van der Waals surface area contributed by atoms with Gasteiger partial charge in [0.25, 0.3) is 0 Å². The van der Waals surface area contributed by atoms with Crippen LogP contribution in [0.25, 0.3) is 0 Å². The summed E-state index contributed by atoms with van der Waals surface area (Å²) in [6.45, 7) is 25.5. The van der Waals surface area contributed by atoms with Crippen molar-refractivity contribution in [2.45, 2.75) is 150 Å². The van der Waals surface area contributed by atoms with Crippen molar-refractivity contribution in [1.29, 1.82) is 0 Å². The maximum atomic E-state index is 14.0. The van der Waals surface area contributed by atoms with E-state index in [-0.39, 0.29) is 34.4 Å². The molecule has 0 heterocycles. The van der Waals surface area contributed by atoms with Gasteiger partial charge < -0.3 is 13.7 Å². The zero-order valence-electron chi connectivity index (χ0n) is 30.0. The number of hydrogen-bond acceptors (Lipinski definition) is 5. The molecular formula is C37H65O5PSi. The number of esters is 1. The smallest absolute Gasteiger partial charge is 0.302 e. The molecule has 0 amide bonds. The molecule has 0 saturated heterocycles. The van der Waals surface area contributed by atoms with Crippen LogP contribution in [0.15, 0.2) is 11.6 Å². The van der Waals surface area contributed by atoms with Gasteiger partial charge in [0, 0.05) is 34.3 Å². The minimum atomic E-state index is -1.79. The fourth-order valence-electron chi connectivity index (χ4n) is 9.99. The molecule has 4 aliphatic carbocycles. The second-order valence-electron chi connectivity index (χ2n) is 17.6. The lowest BCUT2D eigenvalue weighted by molar-refractivity contribution is -0.142. The number of ketones is 1. The van der Waals surface area contributed by atoms with Gasteiger partial charge in [-0.25, -0.2) is 0 Å². The highest BCUT2D eigenvalue weighted by Crippen LogP contribution is 2.66. The molecule has 11 atom stereocenters. The average molecular weight is 649 g/mol. The van der Waals surface area contributed by atoms with E-state index < -0.39 is 8.32 Å². The molecule has 0 aromatic rings. The van der Waals surface area contributed by atoms with Crippen molar-refractivity contribution in [3.63, 3.8) is 0 Å². The van der Waals surface area contributed by atoms with E-state index >= 15 is 0 Å². The zero-order chi connectivity index (χ0) is 32.8. The second-order valence-corrected chi connectivity index (χ2v) is 22.6. The van der Waals surface area contributed by atoms with Crippen molar-refractivity contribution >= 4 is 29.5 Å². The van der Waals surface area contributed by atoms with E-state index in [0.29, 0.717) is 53.5 Å². The monoisotopic (exact) mass is 648 g/mol. The first-order valence-electron chi connectivity index (χ1n) is 17.8. The fourth-order valence-corrected chi connectivity index (χ4v) is 11.7. The van der Waals surface area contributed by atoms with Gasteiger partial charge in [0.05, 0.1) is 12.7 Å². The Morgan fingerprint density at radius 1 is 1.09 bits per heavy atom. The van der Waals surface area contributed by atoms with E-state index in [0.717, 1.165) is 19.3 Å². The number of allylic oxidation sites excluding steroid dienone is 1. The first-order chi connectivity index (χ1) is 20.4. The van der Waals surface area contributed by atoms with Crippen molar-refractivity contribution in [1.82, 2.24) is 0 Å². The number of carbonyl (C=O) groups excluding carboxylic acids is 2. The van der Waals surface area contributed by atoms with Gasteiger partial charge >= 0.3 is 5.97 Å². The van der Waals surface area contributed by atoms with Gasteiger partial charge in [0.15, 0.2) is 14.1 Å². The molecule has 252 valence electrons. The lowest BCUT2D eigenvalue weighted by Crippen LogP contribution is -2.56. The number of fused-ring (bicyclic) bond motifs is 5. The van der Waals surface area contributed by atoms with Gasteiger partial charge in [-0.2, -0.15) is 0 Å². The van der Waals surface area contributed by atoms with Gasteiger partial charge in [0.1, 0.15) is 0 Å². The number of rotatable bonds is 11. The second kappa shape index (κ2) is 13.5. The first-order valence-corrected chi connectivity index (χ1v) is 21.2. The zero-order valence-corrected chi connectivity index (χ0v) is 32.1. The van der Waals surface area contributed by atoms with Crippen LogP contribution in [-0.4, -0.2) is 38.9 Å². The molecule has 0 radical (unpaired) electrons. The predicted octanol–water partition coefficient (Wildman–Crippen LogP) is 9.56. The average Bonchev–Trinajstić information content (AvgIpc) is 3.19. The molecule has 0 aliphatic heterocycles. The van der Waals surface area contributed by atoms with E-state index in [1.807, 2.05) is 0 Å². The van der Waals surface area contributed by atoms with Crippen LogP contribution in [0.1, 0.15) is 120 Å². The third-order valence-corrected chi connectivity index (χ3v) is 18.7. The van der Waals surface area contributed by atoms with E-state index in [4.69, 9.17) is 13.7 Å². The normalized spacial score (nSPS) is 36.2. The Morgan fingerprint density at radius 3 is 2.36 bits per heavy atom. The molecule has 3 fully saturated rings. The molecule has 7 heteroatoms. The molecule has 44 heavy (non-hydrogen) atoms. The highest BCUT2D eigenvalue weighted by atomic mass is 31.0. The van der Waals surface area contributed by atoms with Gasteiger partial charge in [-0.3, -0.25) is 9.59 Å². The van der Waals surface area contributed by atoms with Crippen LogP contribution >= 0.6 is 9.47 Å². The summed E-state index contributed by atoms with van der Waals surface area (Å²) >= 11 is 0. The number of carbonyl (C=O) groups is 2. The molecule has 3 saturated carbocycles. The Kier molecular flexibility index (Phi) is 11.1. The summed E-state index contributed by atoms with van der Waals surface area (Å²) in [7, 11) is 0.730. The molecule has 0 spiro atoms. The Balaban J connectivity index is 1.47. The molecule has 0 N–H and O–H groups in total. The summed E-state index contributed by atoms with van der Waals surface area (Å²) in [5.74, 6) is 3.05. The Morgan fingerprint density at radius 2 is 1.77 bits per heavy atom. The summed E-state index contributed by atoms with van der Waals surface area (Å²) in [6.07, 6.45) is 12.5. The molecular weight excluding hydrogens is 583 g/mol.